The quantitative estimate of drug-likeness (QED) is 0.0587. The number of ether oxygens (including phenoxy) is 6. The summed E-state index contributed by atoms with van der Waals surface area (Å²) in [6.45, 7) is 3.71. The van der Waals surface area contributed by atoms with E-state index in [2.05, 4.69) is 10.6 Å². The SMILES string of the molecule is CCOCCOc1ccc2cc(Oc3ccc(CC(=O)Nc4ccccc4C(=O)OC)cc3)ccc2c1.COC(=O)c1ccccc1NC(=O)Cc1ccc(Oc2ccc3cc(O)ccc3c2)cc1. The number of anilines is 2. The van der Waals surface area contributed by atoms with Gasteiger partial charge in [0.05, 0.1) is 56.2 Å². The maximum atomic E-state index is 12.5. The Hall–Kier alpha value is -8.68. The third-order valence-corrected chi connectivity index (χ3v) is 10.5. The topological polar surface area (TPSA) is 168 Å². The molecule has 13 nitrogen and oxygen atoms in total. The zero-order valence-corrected chi connectivity index (χ0v) is 38.2. The van der Waals surface area contributed by atoms with Gasteiger partial charge in [-0.1, -0.05) is 72.8 Å². The van der Waals surface area contributed by atoms with Crippen molar-refractivity contribution in [2.75, 3.05) is 44.7 Å². The van der Waals surface area contributed by atoms with E-state index in [1.54, 1.807) is 72.8 Å². The molecule has 350 valence electrons. The molecule has 0 aliphatic carbocycles. The van der Waals surface area contributed by atoms with Crippen molar-refractivity contribution in [3.05, 3.63) is 192 Å². The first-order valence-electron chi connectivity index (χ1n) is 22.0. The molecule has 8 rings (SSSR count). The number of carbonyl (C=O) groups is 4. The molecule has 0 spiro atoms. The van der Waals surface area contributed by atoms with Gasteiger partial charge in [0.25, 0.3) is 0 Å². The largest absolute Gasteiger partial charge is 0.508 e. The van der Waals surface area contributed by atoms with E-state index in [-0.39, 0.29) is 30.4 Å². The Morgan fingerprint density at radius 1 is 0.464 bits per heavy atom. The molecule has 0 saturated heterocycles. The molecule has 0 radical (unpaired) electrons. The number of carbonyl (C=O) groups excluding carboxylic acids is 4. The number of phenolic OH excluding ortho intramolecular Hbond substituents is 1. The lowest BCUT2D eigenvalue weighted by Gasteiger charge is -2.11. The van der Waals surface area contributed by atoms with Crippen molar-refractivity contribution in [2.45, 2.75) is 19.8 Å². The van der Waals surface area contributed by atoms with Crippen molar-refractivity contribution in [2.24, 2.45) is 0 Å². The predicted molar refractivity (Wildman–Crippen MR) is 265 cm³/mol. The normalized spacial score (nSPS) is 10.6. The van der Waals surface area contributed by atoms with Crippen LogP contribution in [0, 0.1) is 0 Å². The van der Waals surface area contributed by atoms with Gasteiger partial charge in [0, 0.05) is 6.61 Å². The molecule has 0 unspecified atom stereocenters. The number of aromatic hydroxyl groups is 1. The second-order valence-electron chi connectivity index (χ2n) is 15.4. The highest BCUT2D eigenvalue weighted by Gasteiger charge is 2.15. The molecule has 0 aliphatic heterocycles. The van der Waals surface area contributed by atoms with Gasteiger partial charge >= 0.3 is 11.9 Å². The van der Waals surface area contributed by atoms with E-state index in [1.807, 2.05) is 104 Å². The Morgan fingerprint density at radius 3 is 1.33 bits per heavy atom. The number of rotatable bonds is 17. The summed E-state index contributed by atoms with van der Waals surface area (Å²) in [5.74, 6) is 2.22. The van der Waals surface area contributed by atoms with Gasteiger partial charge in [-0.2, -0.15) is 0 Å². The predicted octanol–water partition coefficient (Wildman–Crippen LogP) is 11.3. The molecule has 13 heteroatoms. The fraction of sp³-hybridized carbons (Fsp3) is 0.143. The van der Waals surface area contributed by atoms with Crippen molar-refractivity contribution in [1.82, 2.24) is 0 Å². The highest BCUT2D eigenvalue weighted by atomic mass is 16.5. The van der Waals surface area contributed by atoms with Crippen LogP contribution in [-0.4, -0.2) is 62.9 Å². The molecule has 2 amide bonds. The lowest BCUT2D eigenvalue weighted by Crippen LogP contribution is -2.17. The molecule has 0 bridgehead atoms. The number of esters is 2. The highest BCUT2D eigenvalue weighted by Crippen LogP contribution is 2.30. The minimum absolute atomic E-state index is 0.148. The maximum absolute atomic E-state index is 12.5. The highest BCUT2D eigenvalue weighted by molar-refractivity contribution is 6.02. The molecular formula is C56H50N2O11. The summed E-state index contributed by atoms with van der Waals surface area (Å²) in [6.07, 6.45) is 0.302. The molecular weight excluding hydrogens is 877 g/mol. The number of benzene rings is 8. The monoisotopic (exact) mass is 926 g/mol. The van der Waals surface area contributed by atoms with Gasteiger partial charge in [-0.25, -0.2) is 9.59 Å². The molecule has 3 N–H and O–H groups in total. The fourth-order valence-electron chi connectivity index (χ4n) is 7.14. The van der Waals surface area contributed by atoms with E-state index in [9.17, 15) is 24.3 Å². The number of hydrogen-bond acceptors (Lipinski definition) is 11. The lowest BCUT2D eigenvalue weighted by atomic mass is 10.1. The van der Waals surface area contributed by atoms with Crippen LogP contribution in [0.3, 0.4) is 0 Å². The van der Waals surface area contributed by atoms with Gasteiger partial charge in [-0.05, 0) is 137 Å². The van der Waals surface area contributed by atoms with E-state index >= 15 is 0 Å². The van der Waals surface area contributed by atoms with Crippen molar-refractivity contribution in [1.29, 1.82) is 0 Å². The van der Waals surface area contributed by atoms with Gasteiger partial charge < -0.3 is 44.2 Å². The zero-order valence-electron chi connectivity index (χ0n) is 38.2. The molecule has 0 heterocycles. The standard InChI is InChI=1S/C30H29NO6.C26H21NO5/c1-3-35-16-17-36-25-14-10-23-20-26(15-11-22(23)19-25)37-24-12-8-21(9-13-24)18-29(32)31-28-7-5-4-6-27(28)30(33)34-2;1-31-26(30)23-4-2-3-5-24(23)27-25(29)14-17-6-11-21(12-7-17)32-22-13-9-18-15-20(28)10-8-19(18)16-22/h4-15,19-20H,3,16-18H2,1-2H3,(H,31,32);2-13,15-16,28H,14H2,1H3,(H,27,29). The van der Waals surface area contributed by atoms with E-state index in [4.69, 9.17) is 28.4 Å². The molecule has 0 aliphatic rings. The average molecular weight is 927 g/mol. The van der Waals surface area contributed by atoms with Gasteiger partial charge in [0.2, 0.25) is 11.8 Å². The first-order valence-corrected chi connectivity index (χ1v) is 22.0. The lowest BCUT2D eigenvalue weighted by molar-refractivity contribution is -0.116. The Kier molecular flexibility index (Phi) is 16.6. The molecule has 0 aromatic heterocycles. The zero-order chi connectivity index (χ0) is 48.5. The van der Waals surface area contributed by atoms with Gasteiger partial charge in [-0.15, -0.1) is 0 Å². The number of phenols is 1. The van der Waals surface area contributed by atoms with Crippen LogP contribution in [0.25, 0.3) is 21.5 Å². The number of methoxy groups -OCH3 is 2. The smallest absolute Gasteiger partial charge is 0.339 e. The van der Waals surface area contributed by atoms with Crippen molar-refractivity contribution in [3.63, 3.8) is 0 Å². The van der Waals surface area contributed by atoms with Crippen LogP contribution in [0.5, 0.6) is 34.5 Å². The first-order chi connectivity index (χ1) is 33.6. The van der Waals surface area contributed by atoms with Crippen LogP contribution in [0.2, 0.25) is 0 Å². The number of nitrogens with one attached hydrogen (secondary N) is 2. The minimum atomic E-state index is -0.507. The number of amides is 2. The van der Waals surface area contributed by atoms with Crippen LogP contribution in [0.1, 0.15) is 38.8 Å². The summed E-state index contributed by atoms with van der Waals surface area (Å²) in [4.78, 5) is 48.8. The first kappa shape index (κ1) is 48.3. The summed E-state index contributed by atoms with van der Waals surface area (Å²) in [7, 11) is 2.60. The van der Waals surface area contributed by atoms with E-state index in [1.165, 1.54) is 14.2 Å². The molecule has 0 fully saturated rings. The molecule has 0 saturated carbocycles. The van der Waals surface area contributed by atoms with Crippen LogP contribution >= 0.6 is 0 Å². The third-order valence-electron chi connectivity index (χ3n) is 10.5. The Morgan fingerprint density at radius 2 is 0.870 bits per heavy atom. The van der Waals surface area contributed by atoms with Crippen LogP contribution in [0.4, 0.5) is 11.4 Å². The van der Waals surface area contributed by atoms with Crippen LogP contribution in [0.15, 0.2) is 170 Å². The molecule has 69 heavy (non-hydrogen) atoms. The number of para-hydroxylation sites is 2. The molecule has 8 aromatic rings. The van der Waals surface area contributed by atoms with Crippen molar-refractivity contribution >= 4 is 56.7 Å². The van der Waals surface area contributed by atoms with Gasteiger partial charge in [0.15, 0.2) is 0 Å². The average Bonchev–Trinajstić information content (AvgIpc) is 3.36. The van der Waals surface area contributed by atoms with Crippen LogP contribution < -0.4 is 24.8 Å². The second kappa shape index (κ2) is 23.7. The van der Waals surface area contributed by atoms with E-state index in [0.717, 1.165) is 38.4 Å². The summed E-state index contributed by atoms with van der Waals surface area (Å²) >= 11 is 0. The van der Waals surface area contributed by atoms with Crippen molar-refractivity contribution in [3.8, 4) is 34.5 Å². The summed E-state index contributed by atoms with van der Waals surface area (Å²) in [5, 5.41) is 19.1. The van der Waals surface area contributed by atoms with Crippen LogP contribution in [-0.2, 0) is 36.6 Å². The van der Waals surface area contributed by atoms with Gasteiger partial charge in [0.1, 0.15) is 41.1 Å². The Bertz CT molecular complexity index is 3060. The second-order valence-corrected chi connectivity index (χ2v) is 15.4. The van der Waals surface area contributed by atoms with E-state index in [0.29, 0.717) is 65.3 Å². The molecule has 8 aromatic carbocycles. The minimum Gasteiger partial charge on any atom is -0.508 e. The summed E-state index contributed by atoms with van der Waals surface area (Å²) in [5.41, 5.74) is 3.06. The fourth-order valence-corrected chi connectivity index (χ4v) is 7.14. The Labute approximate surface area is 399 Å². The number of hydrogen-bond donors (Lipinski definition) is 3. The third kappa shape index (κ3) is 13.7. The molecule has 0 atom stereocenters. The Balaban J connectivity index is 0.000000206. The summed E-state index contributed by atoms with van der Waals surface area (Å²) < 4.78 is 32.5. The maximum Gasteiger partial charge on any atom is 0.339 e. The van der Waals surface area contributed by atoms with Gasteiger partial charge in [-0.3, -0.25) is 9.59 Å². The summed E-state index contributed by atoms with van der Waals surface area (Å²) in [6, 6.07) is 50.6. The van der Waals surface area contributed by atoms with Crippen molar-refractivity contribution < 1.29 is 52.7 Å². The van der Waals surface area contributed by atoms with E-state index < -0.39 is 11.9 Å². The number of fused-ring (bicyclic) bond motifs is 2.